The Bertz CT molecular complexity index is 191. The van der Waals surface area contributed by atoms with Crippen molar-refractivity contribution in [1.29, 1.82) is 0 Å². The number of allylic oxidation sites excluding steroid dienone is 4. The van der Waals surface area contributed by atoms with Crippen LogP contribution in [0.15, 0.2) is 21.6 Å². The molecule has 0 aliphatic heterocycles. The molecule has 0 bridgehead atoms. The molecule has 0 heterocycles. The van der Waals surface area contributed by atoms with Crippen molar-refractivity contribution in [2.45, 2.75) is 29.0 Å². The standard InChI is InChI=1S/C6H7.3CH3.Ti/c1-6-4-2-3-5-6;;;;/h2,4H,3H2,1H3;3*1H3;. The van der Waals surface area contributed by atoms with Gasteiger partial charge in [0.1, 0.15) is 0 Å². The molecule has 10 heavy (non-hydrogen) atoms. The predicted octanol–water partition coefficient (Wildman–Crippen LogP) is 3.52. The molecule has 0 spiro atoms. The van der Waals surface area contributed by atoms with E-state index in [1.54, 1.807) is 9.45 Å². The molecule has 0 unspecified atom stereocenters. The van der Waals surface area contributed by atoms with Crippen LogP contribution in [-0.4, -0.2) is 0 Å². The van der Waals surface area contributed by atoms with Crippen molar-refractivity contribution < 1.29 is 16.6 Å². The minimum atomic E-state index is -1.44. The first kappa shape index (κ1) is 8.29. The van der Waals surface area contributed by atoms with Crippen LogP contribution in [0.3, 0.4) is 0 Å². The third kappa shape index (κ3) is 1.62. The Morgan fingerprint density at radius 3 is 2.10 bits per heavy atom. The topological polar surface area (TPSA) is 0 Å². The van der Waals surface area contributed by atoms with Gasteiger partial charge in [-0.15, -0.1) is 0 Å². The van der Waals surface area contributed by atoms with Gasteiger partial charge in [-0.1, -0.05) is 0 Å². The molecule has 0 aromatic carbocycles. The Labute approximate surface area is 67.4 Å². The second-order valence-electron chi connectivity index (χ2n) is 4.02. The molecule has 56 valence electrons. The van der Waals surface area contributed by atoms with Crippen LogP contribution in [0.25, 0.3) is 0 Å². The molecule has 0 aromatic rings. The molecule has 0 fully saturated rings. The van der Waals surface area contributed by atoms with Gasteiger partial charge in [-0.05, 0) is 0 Å². The Balaban J connectivity index is 2.86. The first-order chi connectivity index (χ1) is 4.52. The molecule has 0 atom stereocenters. The monoisotopic (exact) mass is 172 g/mol. The van der Waals surface area contributed by atoms with Gasteiger partial charge in [0, 0.05) is 0 Å². The molecular weight excluding hydrogens is 156 g/mol. The molecule has 0 radical (unpaired) electrons. The van der Waals surface area contributed by atoms with Crippen LogP contribution in [0.1, 0.15) is 13.3 Å². The summed E-state index contributed by atoms with van der Waals surface area (Å²) in [5.74, 6) is 0. The van der Waals surface area contributed by atoms with Crippen molar-refractivity contribution in [1.82, 2.24) is 0 Å². The van der Waals surface area contributed by atoms with Gasteiger partial charge in [-0.2, -0.15) is 0 Å². The van der Waals surface area contributed by atoms with Gasteiger partial charge in [-0.25, -0.2) is 0 Å². The summed E-state index contributed by atoms with van der Waals surface area (Å²) in [6.45, 7) is 2.25. The molecule has 1 aliphatic carbocycles. The first-order valence-electron chi connectivity index (χ1n) is 3.88. The fourth-order valence-electron chi connectivity index (χ4n) is 1.51. The fourth-order valence-corrected chi connectivity index (χ4v) is 4.63. The summed E-state index contributed by atoms with van der Waals surface area (Å²) in [6, 6.07) is 0. The maximum atomic E-state index is 2.46. The third-order valence-corrected chi connectivity index (χ3v) is 5.83. The zero-order valence-electron chi connectivity index (χ0n) is 7.36. The average molecular weight is 172 g/mol. The van der Waals surface area contributed by atoms with E-state index >= 15 is 0 Å². The van der Waals surface area contributed by atoms with Crippen LogP contribution in [0.4, 0.5) is 0 Å². The van der Waals surface area contributed by atoms with Gasteiger partial charge in [0.05, 0.1) is 0 Å². The van der Waals surface area contributed by atoms with E-state index < -0.39 is 16.6 Å². The second-order valence-corrected chi connectivity index (χ2v) is 12.0. The summed E-state index contributed by atoms with van der Waals surface area (Å²) in [6.07, 6.45) is 5.81. The van der Waals surface area contributed by atoms with E-state index in [-0.39, 0.29) is 0 Å². The van der Waals surface area contributed by atoms with Crippen molar-refractivity contribution in [2.75, 3.05) is 0 Å². The van der Waals surface area contributed by atoms with Crippen LogP contribution in [0.2, 0.25) is 15.7 Å². The number of rotatable bonds is 1. The molecule has 1 rings (SSSR count). The first-order valence-corrected chi connectivity index (χ1v) is 9.35. The van der Waals surface area contributed by atoms with Crippen LogP contribution < -0.4 is 0 Å². The Hall–Kier alpha value is 0.194. The van der Waals surface area contributed by atoms with Gasteiger partial charge in [0.15, 0.2) is 0 Å². The molecule has 0 aromatic heterocycles. The van der Waals surface area contributed by atoms with Crippen molar-refractivity contribution in [3.63, 3.8) is 0 Å². The Morgan fingerprint density at radius 2 is 1.90 bits per heavy atom. The summed E-state index contributed by atoms with van der Waals surface area (Å²) < 4.78 is 1.78. The number of hydrogen-bond acceptors (Lipinski definition) is 0. The predicted molar refractivity (Wildman–Crippen MR) is 44.0 cm³/mol. The van der Waals surface area contributed by atoms with Crippen molar-refractivity contribution in [3.05, 3.63) is 21.6 Å². The zero-order chi connectivity index (χ0) is 7.78. The summed E-state index contributed by atoms with van der Waals surface area (Å²) in [4.78, 5) is 0. The zero-order valence-corrected chi connectivity index (χ0v) is 8.92. The van der Waals surface area contributed by atoms with E-state index in [1.807, 2.05) is 0 Å². The summed E-state index contributed by atoms with van der Waals surface area (Å²) >= 11 is -1.44. The van der Waals surface area contributed by atoms with E-state index in [9.17, 15) is 0 Å². The van der Waals surface area contributed by atoms with Crippen LogP contribution >= 0.6 is 0 Å². The molecule has 0 nitrogen and oxygen atoms in total. The van der Waals surface area contributed by atoms with E-state index in [4.69, 9.17) is 0 Å². The van der Waals surface area contributed by atoms with Crippen molar-refractivity contribution in [3.8, 4) is 0 Å². The molecule has 1 heteroatoms. The van der Waals surface area contributed by atoms with E-state index in [0.717, 1.165) is 0 Å². The van der Waals surface area contributed by atoms with E-state index in [1.165, 1.54) is 6.42 Å². The van der Waals surface area contributed by atoms with Gasteiger partial charge in [0.2, 0.25) is 0 Å². The van der Waals surface area contributed by atoms with Crippen LogP contribution in [0, 0.1) is 0 Å². The normalized spacial score (nSPS) is 18.8. The van der Waals surface area contributed by atoms with Crippen molar-refractivity contribution >= 4 is 0 Å². The Kier molecular flexibility index (Phi) is 2.22. The Morgan fingerprint density at radius 1 is 1.30 bits per heavy atom. The van der Waals surface area contributed by atoms with E-state index in [0.29, 0.717) is 0 Å². The quantitative estimate of drug-likeness (QED) is 0.531. The molecule has 0 saturated carbocycles. The van der Waals surface area contributed by atoms with Gasteiger partial charge in [-0.3, -0.25) is 0 Å². The summed E-state index contributed by atoms with van der Waals surface area (Å²) in [5, 5.41) is 7.39. The third-order valence-electron chi connectivity index (χ3n) is 2.07. The molecule has 0 N–H and O–H groups in total. The van der Waals surface area contributed by atoms with Crippen LogP contribution in [0.5, 0.6) is 0 Å². The fraction of sp³-hybridized carbons (Fsp3) is 0.556. The van der Waals surface area contributed by atoms with Gasteiger partial charge in [0.25, 0.3) is 0 Å². The van der Waals surface area contributed by atoms with Crippen LogP contribution in [-0.2, 0) is 16.6 Å². The van der Waals surface area contributed by atoms with Crippen molar-refractivity contribution in [2.24, 2.45) is 0 Å². The van der Waals surface area contributed by atoms with Gasteiger partial charge < -0.3 is 0 Å². The summed E-state index contributed by atoms with van der Waals surface area (Å²) in [7, 11) is 0. The number of hydrogen-bond donors (Lipinski definition) is 0. The molecule has 0 saturated heterocycles. The molecule has 1 aliphatic rings. The maximum absolute atomic E-state index is 2.46. The summed E-state index contributed by atoms with van der Waals surface area (Å²) in [5.41, 5.74) is 1.55. The minimum absolute atomic E-state index is 1.25. The molecular formula is C9H16Ti. The molecule has 0 amide bonds. The van der Waals surface area contributed by atoms with Gasteiger partial charge >= 0.3 is 67.2 Å². The van der Waals surface area contributed by atoms with E-state index in [2.05, 4.69) is 34.8 Å². The second kappa shape index (κ2) is 2.67. The average Bonchev–Trinajstić information content (AvgIpc) is 2.11. The SMILES string of the molecule is CC1=[C]([Ti]([CH3])([CH3])[CH3])CC=C1.